The van der Waals surface area contributed by atoms with Gasteiger partial charge in [-0.25, -0.2) is 15.0 Å². The molecule has 8 nitrogen and oxygen atoms in total. The molecule has 31 heavy (non-hydrogen) atoms. The highest BCUT2D eigenvalue weighted by Gasteiger charge is 2.18. The minimum absolute atomic E-state index is 0.144. The minimum atomic E-state index is 0.144. The number of aromatic nitrogens is 4. The number of hydrogen-bond donors (Lipinski definition) is 2. The third-order valence-electron chi connectivity index (χ3n) is 5.60. The maximum absolute atomic E-state index is 11.5. The number of aromatic amines is 1. The van der Waals surface area contributed by atoms with Crippen LogP contribution in [0.4, 0.5) is 17.3 Å². The maximum atomic E-state index is 11.5. The Kier molecular flexibility index (Phi) is 4.95. The number of pyridine rings is 1. The number of fused-ring (bicyclic) bond motifs is 1. The summed E-state index contributed by atoms with van der Waals surface area (Å²) in [4.78, 5) is 32.3. The fourth-order valence-corrected chi connectivity index (χ4v) is 3.90. The van der Waals surface area contributed by atoms with Crippen LogP contribution in [0.5, 0.6) is 0 Å². The van der Waals surface area contributed by atoms with Crippen molar-refractivity contribution in [2.45, 2.75) is 6.92 Å². The Morgan fingerprint density at radius 3 is 2.58 bits per heavy atom. The van der Waals surface area contributed by atoms with E-state index in [-0.39, 0.29) is 5.91 Å². The molecule has 1 amide bonds. The van der Waals surface area contributed by atoms with Crippen molar-refractivity contribution >= 4 is 34.3 Å². The Morgan fingerprint density at radius 2 is 1.81 bits per heavy atom. The average Bonchev–Trinajstić information content (AvgIpc) is 3.24. The molecule has 5 rings (SSSR count). The van der Waals surface area contributed by atoms with Crippen molar-refractivity contribution in [2.75, 3.05) is 36.4 Å². The number of nitrogens with zero attached hydrogens (tertiary/aromatic N) is 5. The molecule has 0 saturated carbocycles. The van der Waals surface area contributed by atoms with Gasteiger partial charge in [0.05, 0.1) is 5.69 Å². The Balaban J connectivity index is 1.30. The highest BCUT2D eigenvalue weighted by Crippen LogP contribution is 2.27. The molecule has 0 aliphatic carbocycles. The molecule has 156 valence electrons. The summed E-state index contributed by atoms with van der Waals surface area (Å²) in [5, 5.41) is 4.32. The molecule has 4 aromatic rings. The average molecular weight is 413 g/mol. The van der Waals surface area contributed by atoms with Crippen molar-refractivity contribution in [3.8, 4) is 11.3 Å². The van der Waals surface area contributed by atoms with Gasteiger partial charge in [0.1, 0.15) is 5.65 Å². The highest BCUT2D eigenvalue weighted by molar-refractivity contribution is 5.92. The zero-order chi connectivity index (χ0) is 21.2. The monoisotopic (exact) mass is 413 g/mol. The standard InChI is InChI=1S/C23H23N7O/c1-16(31)29-11-13-30(14-12-29)18-6-4-17(5-7-18)27-23-25-10-8-21(28-23)20-15-26-22-19(20)3-2-9-24-22/h2-10,15H,11-14H2,1H3,(H,24,26)(H,25,27,28). The first kappa shape index (κ1) is 19.0. The van der Waals surface area contributed by atoms with Crippen LogP contribution >= 0.6 is 0 Å². The van der Waals surface area contributed by atoms with Crippen molar-refractivity contribution in [2.24, 2.45) is 0 Å². The predicted octanol–water partition coefficient (Wildman–Crippen LogP) is 3.43. The molecular weight excluding hydrogens is 390 g/mol. The van der Waals surface area contributed by atoms with E-state index >= 15 is 0 Å². The smallest absolute Gasteiger partial charge is 0.227 e. The van der Waals surface area contributed by atoms with E-state index in [4.69, 9.17) is 0 Å². The Labute approximate surface area is 180 Å². The third-order valence-corrected chi connectivity index (χ3v) is 5.60. The van der Waals surface area contributed by atoms with E-state index in [1.165, 1.54) is 0 Å². The number of hydrogen-bond acceptors (Lipinski definition) is 6. The Hall–Kier alpha value is -3.94. The first-order valence-corrected chi connectivity index (χ1v) is 10.3. The van der Waals surface area contributed by atoms with Gasteiger partial charge in [-0.2, -0.15) is 0 Å². The lowest BCUT2D eigenvalue weighted by atomic mass is 10.1. The summed E-state index contributed by atoms with van der Waals surface area (Å²) in [6.07, 6.45) is 5.44. The molecule has 0 spiro atoms. The minimum Gasteiger partial charge on any atom is -0.368 e. The fraction of sp³-hybridized carbons (Fsp3) is 0.217. The second-order valence-corrected chi connectivity index (χ2v) is 7.53. The van der Waals surface area contributed by atoms with Gasteiger partial charge in [0.2, 0.25) is 11.9 Å². The van der Waals surface area contributed by atoms with Crippen molar-refractivity contribution in [3.63, 3.8) is 0 Å². The summed E-state index contributed by atoms with van der Waals surface area (Å²) in [7, 11) is 0. The van der Waals surface area contributed by atoms with Crippen molar-refractivity contribution in [3.05, 3.63) is 61.1 Å². The van der Waals surface area contributed by atoms with Crippen LogP contribution in [-0.4, -0.2) is 56.9 Å². The lowest BCUT2D eigenvalue weighted by Crippen LogP contribution is -2.48. The van der Waals surface area contributed by atoms with Crippen molar-refractivity contribution in [1.82, 2.24) is 24.8 Å². The zero-order valence-corrected chi connectivity index (χ0v) is 17.2. The van der Waals surface area contributed by atoms with Gasteiger partial charge in [-0.3, -0.25) is 4.79 Å². The Bertz CT molecular complexity index is 1210. The van der Waals surface area contributed by atoms with E-state index in [0.29, 0.717) is 5.95 Å². The number of nitrogens with one attached hydrogen (secondary N) is 2. The second-order valence-electron chi connectivity index (χ2n) is 7.53. The van der Waals surface area contributed by atoms with E-state index in [1.807, 2.05) is 41.4 Å². The molecule has 1 aromatic carbocycles. The van der Waals surface area contributed by atoms with E-state index in [9.17, 15) is 4.79 Å². The fourth-order valence-electron chi connectivity index (χ4n) is 3.90. The van der Waals surface area contributed by atoms with E-state index in [2.05, 4.69) is 42.3 Å². The van der Waals surface area contributed by atoms with Gasteiger partial charge < -0.3 is 20.1 Å². The highest BCUT2D eigenvalue weighted by atomic mass is 16.2. The topological polar surface area (TPSA) is 90.0 Å². The lowest BCUT2D eigenvalue weighted by molar-refractivity contribution is -0.129. The van der Waals surface area contributed by atoms with Crippen molar-refractivity contribution in [1.29, 1.82) is 0 Å². The molecule has 1 saturated heterocycles. The largest absolute Gasteiger partial charge is 0.368 e. The molecule has 1 aliphatic rings. The number of carbonyl (C=O) groups is 1. The summed E-state index contributed by atoms with van der Waals surface area (Å²) in [5.74, 6) is 0.684. The molecule has 1 aliphatic heterocycles. The molecule has 3 aromatic heterocycles. The molecule has 0 atom stereocenters. The van der Waals surface area contributed by atoms with E-state index in [1.54, 1.807) is 19.3 Å². The van der Waals surface area contributed by atoms with Crippen LogP contribution in [0.3, 0.4) is 0 Å². The van der Waals surface area contributed by atoms with E-state index in [0.717, 1.165) is 59.8 Å². The number of anilines is 3. The number of amides is 1. The van der Waals surface area contributed by atoms with Crippen LogP contribution in [-0.2, 0) is 4.79 Å². The molecule has 2 N–H and O–H groups in total. The molecule has 0 bridgehead atoms. The molecule has 0 radical (unpaired) electrons. The number of rotatable bonds is 4. The van der Waals surface area contributed by atoms with Crippen LogP contribution in [0, 0.1) is 0 Å². The number of carbonyl (C=O) groups excluding carboxylic acids is 1. The summed E-state index contributed by atoms with van der Waals surface area (Å²) in [6, 6.07) is 14.1. The first-order chi connectivity index (χ1) is 15.2. The normalized spacial score (nSPS) is 14.1. The summed E-state index contributed by atoms with van der Waals surface area (Å²) < 4.78 is 0. The van der Waals surface area contributed by atoms with Gasteiger partial charge in [0, 0.05) is 74.0 Å². The molecule has 4 heterocycles. The van der Waals surface area contributed by atoms with Crippen LogP contribution in [0.1, 0.15) is 6.92 Å². The molecule has 1 fully saturated rings. The number of piperazine rings is 1. The molecule has 0 unspecified atom stereocenters. The number of H-pyrrole nitrogens is 1. The van der Waals surface area contributed by atoms with E-state index < -0.39 is 0 Å². The van der Waals surface area contributed by atoms with Gasteiger partial charge in [-0.15, -0.1) is 0 Å². The zero-order valence-electron chi connectivity index (χ0n) is 17.2. The quantitative estimate of drug-likeness (QED) is 0.533. The van der Waals surface area contributed by atoms with Crippen LogP contribution in [0.15, 0.2) is 61.1 Å². The van der Waals surface area contributed by atoms with Gasteiger partial charge in [-0.05, 0) is 42.5 Å². The summed E-state index contributed by atoms with van der Waals surface area (Å²) in [5.41, 5.74) is 4.73. The van der Waals surface area contributed by atoms with Crippen LogP contribution in [0.25, 0.3) is 22.3 Å². The lowest BCUT2D eigenvalue weighted by Gasteiger charge is -2.35. The predicted molar refractivity (Wildman–Crippen MR) is 121 cm³/mol. The summed E-state index contributed by atoms with van der Waals surface area (Å²) in [6.45, 7) is 4.84. The van der Waals surface area contributed by atoms with Crippen LogP contribution in [0.2, 0.25) is 0 Å². The van der Waals surface area contributed by atoms with Gasteiger partial charge in [0.15, 0.2) is 0 Å². The van der Waals surface area contributed by atoms with Gasteiger partial charge in [0.25, 0.3) is 0 Å². The third kappa shape index (κ3) is 3.92. The maximum Gasteiger partial charge on any atom is 0.227 e. The number of benzene rings is 1. The van der Waals surface area contributed by atoms with Crippen LogP contribution < -0.4 is 10.2 Å². The summed E-state index contributed by atoms with van der Waals surface area (Å²) >= 11 is 0. The van der Waals surface area contributed by atoms with Crippen molar-refractivity contribution < 1.29 is 4.79 Å². The first-order valence-electron chi connectivity index (χ1n) is 10.3. The SMILES string of the molecule is CC(=O)N1CCN(c2ccc(Nc3nccc(-c4c[nH]c5ncccc45)n3)cc2)CC1. The van der Waals surface area contributed by atoms with Gasteiger partial charge in [-0.1, -0.05) is 0 Å². The Morgan fingerprint density at radius 1 is 1.00 bits per heavy atom. The molecular formula is C23H23N7O. The van der Waals surface area contributed by atoms with Gasteiger partial charge >= 0.3 is 0 Å². The molecule has 8 heteroatoms. The second kappa shape index (κ2) is 8.06.